The first-order valence-electron chi connectivity index (χ1n) is 15.3. The zero-order valence-corrected chi connectivity index (χ0v) is 24.1. The lowest BCUT2D eigenvalue weighted by Crippen LogP contribution is -2.33. The Morgan fingerprint density at radius 3 is 1.79 bits per heavy atom. The summed E-state index contributed by atoms with van der Waals surface area (Å²) in [6.45, 7) is 2.37. The summed E-state index contributed by atoms with van der Waals surface area (Å²) >= 11 is 0. The number of cyclic esters (lactones) is 1. The molecule has 0 aromatic rings. The molecular weight excluding hydrogens is 502 g/mol. The molecule has 1 aliphatic heterocycles. The van der Waals surface area contributed by atoms with E-state index in [9.17, 15) is 29.7 Å². The SMILES string of the molecule is CCCCCCCCCCCCCCCCCC(=O)NCCCCCC(=O)OC[C@H](O)[C@H]1OC(=O)C(O)=C1O. The Balaban J connectivity index is 1.85. The van der Waals surface area contributed by atoms with Gasteiger partial charge in [0.2, 0.25) is 11.7 Å². The van der Waals surface area contributed by atoms with Crippen LogP contribution in [0.1, 0.15) is 135 Å². The second-order valence-corrected chi connectivity index (χ2v) is 10.7. The van der Waals surface area contributed by atoms with Gasteiger partial charge in [0.25, 0.3) is 0 Å². The number of rotatable bonds is 25. The summed E-state index contributed by atoms with van der Waals surface area (Å²) in [5.41, 5.74) is 0. The molecule has 0 radical (unpaired) electrons. The third kappa shape index (κ3) is 17.1. The number of carbonyl (C=O) groups is 3. The molecule has 0 spiro atoms. The Hall–Kier alpha value is -2.29. The van der Waals surface area contributed by atoms with Gasteiger partial charge in [0.05, 0.1) is 0 Å². The zero-order chi connectivity index (χ0) is 28.7. The van der Waals surface area contributed by atoms with Crippen molar-refractivity contribution in [2.75, 3.05) is 13.2 Å². The quantitative estimate of drug-likeness (QED) is 0.0784. The molecule has 0 saturated carbocycles. The highest BCUT2D eigenvalue weighted by Crippen LogP contribution is 2.21. The largest absolute Gasteiger partial charge is 0.505 e. The fourth-order valence-electron chi connectivity index (χ4n) is 4.61. The van der Waals surface area contributed by atoms with Gasteiger partial charge in [-0.15, -0.1) is 0 Å². The van der Waals surface area contributed by atoms with Crippen molar-refractivity contribution in [3.05, 3.63) is 11.5 Å². The molecule has 0 bridgehead atoms. The Kier molecular flexibility index (Phi) is 20.1. The summed E-state index contributed by atoms with van der Waals surface area (Å²) in [5.74, 6) is -3.31. The molecule has 1 amide bonds. The minimum atomic E-state index is -1.47. The molecule has 39 heavy (non-hydrogen) atoms. The minimum absolute atomic E-state index is 0.0778. The zero-order valence-electron chi connectivity index (χ0n) is 24.1. The molecule has 9 heteroatoms. The third-order valence-electron chi connectivity index (χ3n) is 7.09. The van der Waals surface area contributed by atoms with Gasteiger partial charge in [0, 0.05) is 19.4 Å². The predicted octanol–water partition coefficient (Wildman–Crippen LogP) is 6.08. The normalized spacial score (nSPS) is 15.8. The standard InChI is InChI=1S/C30H53NO8/c1-2-3-4-5-6-7-8-9-10-11-12-13-14-15-17-20-25(33)31-22-19-16-18-21-26(34)38-23-24(32)29-27(35)28(36)30(37)39-29/h24,29,32,35-36H,2-23H2,1H3,(H,31,33)/t24-,29+/m0/s1. The fraction of sp³-hybridized carbons (Fsp3) is 0.833. The summed E-state index contributed by atoms with van der Waals surface area (Å²) in [6.07, 6.45) is 19.4. The first kappa shape index (κ1) is 34.7. The van der Waals surface area contributed by atoms with Crippen LogP contribution < -0.4 is 5.32 Å². The fourth-order valence-corrected chi connectivity index (χ4v) is 4.61. The Labute approximate surface area is 234 Å². The first-order valence-corrected chi connectivity index (χ1v) is 15.3. The molecular formula is C30H53NO8. The lowest BCUT2D eigenvalue weighted by atomic mass is 10.0. The monoisotopic (exact) mass is 555 g/mol. The number of amides is 1. The van der Waals surface area contributed by atoms with Gasteiger partial charge in [-0.25, -0.2) is 4.79 Å². The van der Waals surface area contributed by atoms with Crippen molar-refractivity contribution >= 4 is 17.8 Å². The number of nitrogens with one attached hydrogen (secondary N) is 1. The first-order chi connectivity index (χ1) is 18.9. The van der Waals surface area contributed by atoms with Crippen molar-refractivity contribution in [3.8, 4) is 0 Å². The van der Waals surface area contributed by atoms with E-state index in [1.165, 1.54) is 83.5 Å². The van der Waals surface area contributed by atoms with E-state index in [4.69, 9.17) is 4.74 Å². The lowest BCUT2D eigenvalue weighted by molar-refractivity contribution is -0.154. The summed E-state index contributed by atoms with van der Waals surface area (Å²) in [6, 6.07) is 0. The molecule has 1 heterocycles. The second-order valence-electron chi connectivity index (χ2n) is 10.7. The summed E-state index contributed by atoms with van der Waals surface area (Å²) in [5, 5.41) is 31.6. The maximum absolute atomic E-state index is 12.0. The Bertz CT molecular complexity index is 724. The number of hydrogen-bond donors (Lipinski definition) is 4. The molecule has 1 aliphatic rings. The van der Waals surface area contributed by atoms with Crippen molar-refractivity contribution in [1.29, 1.82) is 0 Å². The maximum atomic E-state index is 12.0. The van der Waals surface area contributed by atoms with Crippen LogP contribution in [0.5, 0.6) is 0 Å². The van der Waals surface area contributed by atoms with E-state index in [-0.39, 0.29) is 12.3 Å². The number of hydrogen-bond acceptors (Lipinski definition) is 8. The van der Waals surface area contributed by atoms with E-state index in [0.717, 1.165) is 25.7 Å². The van der Waals surface area contributed by atoms with E-state index in [0.29, 0.717) is 19.4 Å². The van der Waals surface area contributed by atoms with Gasteiger partial charge >= 0.3 is 11.9 Å². The smallest absolute Gasteiger partial charge is 0.377 e. The number of esters is 2. The molecule has 0 unspecified atom stereocenters. The molecule has 0 fully saturated rings. The van der Waals surface area contributed by atoms with Crippen LogP contribution in [0.2, 0.25) is 0 Å². The second kappa shape index (κ2) is 22.5. The van der Waals surface area contributed by atoms with Crippen LogP contribution in [-0.2, 0) is 23.9 Å². The summed E-state index contributed by atoms with van der Waals surface area (Å²) in [7, 11) is 0. The molecule has 226 valence electrons. The lowest BCUT2D eigenvalue weighted by Gasteiger charge is -2.17. The molecule has 1 rings (SSSR count). The topological polar surface area (TPSA) is 142 Å². The average molecular weight is 556 g/mol. The van der Waals surface area contributed by atoms with Crippen molar-refractivity contribution in [2.24, 2.45) is 0 Å². The van der Waals surface area contributed by atoms with Gasteiger partial charge in [0.15, 0.2) is 11.9 Å². The van der Waals surface area contributed by atoms with Gasteiger partial charge in [0.1, 0.15) is 12.7 Å². The average Bonchev–Trinajstić information content (AvgIpc) is 3.18. The molecule has 2 atom stereocenters. The van der Waals surface area contributed by atoms with Gasteiger partial charge in [-0.05, 0) is 19.3 Å². The van der Waals surface area contributed by atoms with Crippen LogP contribution in [-0.4, -0.2) is 58.5 Å². The van der Waals surface area contributed by atoms with Crippen LogP contribution >= 0.6 is 0 Å². The van der Waals surface area contributed by atoms with Gasteiger partial charge in [-0.3, -0.25) is 9.59 Å². The number of ether oxygens (including phenoxy) is 2. The van der Waals surface area contributed by atoms with Crippen LogP contribution in [0.15, 0.2) is 11.5 Å². The number of aliphatic hydroxyl groups excluding tert-OH is 3. The van der Waals surface area contributed by atoms with Gasteiger partial charge in [-0.2, -0.15) is 0 Å². The van der Waals surface area contributed by atoms with Crippen LogP contribution in [0.4, 0.5) is 0 Å². The van der Waals surface area contributed by atoms with E-state index in [2.05, 4.69) is 17.0 Å². The van der Waals surface area contributed by atoms with Gasteiger partial charge in [-0.1, -0.05) is 103 Å². The highest BCUT2D eigenvalue weighted by atomic mass is 16.6. The summed E-state index contributed by atoms with van der Waals surface area (Å²) in [4.78, 5) is 34.9. The molecule has 0 aromatic carbocycles. The van der Waals surface area contributed by atoms with Crippen molar-refractivity contribution in [3.63, 3.8) is 0 Å². The Morgan fingerprint density at radius 2 is 1.28 bits per heavy atom. The highest BCUT2D eigenvalue weighted by molar-refractivity contribution is 5.89. The van der Waals surface area contributed by atoms with E-state index in [1.54, 1.807) is 0 Å². The Morgan fingerprint density at radius 1 is 0.795 bits per heavy atom. The van der Waals surface area contributed by atoms with Crippen molar-refractivity contribution in [1.82, 2.24) is 5.32 Å². The van der Waals surface area contributed by atoms with E-state index in [1.807, 2.05) is 0 Å². The van der Waals surface area contributed by atoms with Crippen molar-refractivity contribution in [2.45, 2.75) is 148 Å². The highest BCUT2D eigenvalue weighted by Gasteiger charge is 2.39. The van der Waals surface area contributed by atoms with Gasteiger partial charge < -0.3 is 30.1 Å². The maximum Gasteiger partial charge on any atom is 0.377 e. The number of unbranched alkanes of at least 4 members (excludes halogenated alkanes) is 16. The number of aliphatic hydroxyl groups is 3. The van der Waals surface area contributed by atoms with Crippen LogP contribution in [0.25, 0.3) is 0 Å². The van der Waals surface area contributed by atoms with Crippen molar-refractivity contribution < 1.29 is 39.2 Å². The minimum Gasteiger partial charge on any atom is -0.505 e. The predicted molar refractivity (Wildman–Crippen MR) is 150 cm³/mol. The molecule has 0 aromatic heterocycles. The molecule has 4 N–H and O–H groups in total. The van der Waals surface area contributed by atoms with E-state index < -0.39 is 42.3 Å². The molecule has 0 saturated heterocycles. The molecule has 0 aliphatic carbocycles. The molecule has 9 nitrogen and oxygen atoms in total. The third-order valence-corrected chi connectivity index (χ3v) is 7.09. The van der Waals surface area contributed by atoms with E-state index >= 15 is 0 Å². The summed E-state index contributed by atoms with van der Waals surface area (Å²) < 4.78 is 9.54. The van der Waals surface area contributed by atoms with Crippen LogP contribution in [0.3, 0.4) is 0 Å². The number of carbonyl (C=O) groups excluding carboxylic acids is 3. The van der Waals surface area contributed by atoms with Crippen LogP contribution in [0, 0.1) is 0 Å².